The highest BCUT2D eigenvalue weighted by atomic mass is 16.6. The Labute approximate surface area is 230 Å². The number of fused-ring (bicyclic) bond motifs is 1. The van der Waals surface area contributed by atoms with Crippen molar-refractivity contribution in [1.29, 1.82) is 0 Å². The number of hydrogen-bond acceptors (Lipinski definition) is 7. The lowest BCUT2D eigenvalue weighted by molar-refractivity contribution is -0.188. The fraction of sp³-hybridized carbons (Fsp3) is 0.452. The van der Waals surface area contributed by atoms with Crippen LogP contribution in [0.3, 0.4) is 0 Å². The number of ether oxygens (including phenoxy) is 3. The molecule has 2 fully saturated rings. The maximum Gasteiger partial charge on any atom is 0.410 e. The van der Waals surface area contributed by atoms with Gasteiger partial charge in [-0.2, -0.15) is 0 Å². The summed E-state index contributed by atoms with van der Waals surface area (Å²) >= 11 is 0. The van der Waals surface area contributed by atoms with Crippen molar-refractivity contribution in [1.82, 2.24) is 9.80 Å². The normalized spacial score (nSPS) is 24.6. The largest absolute Gasteiger partial charge is 0.457 e. The first kappa shape index (κ1) is 28.4. The van der Waals surface area contributed by atoms with Gasteiger partial charge in [-0.1, -0.05) is 48.5 Å². The first-order valence-electron chi connectivity index (χ1n) is 13.4. The Hall–Kier alpha value is -3.65. The van der Waals surface area contributed by atoms with Gasteiger partial charge < -0.3 is 19.1 Å². The summed E-state index contributed by atoms with van der Waals surface area (Å²) in [6, 6.07) is 16.9. The fourth-order valence-electron chi connectivity index (χ4n) is 6.32. The van der Waals surface area contributed by atoms with Crippen molar-refractivity contribution in [3.8, 4) is 5.75 Å². The van der Waals surface area contributed by atoms with E-state index in [9.17, 15) is 14.4 Å². The Balaban J connectivity index is 1.68. The predicted octanol–water partition coefficient (Wildman–Crippen LogP) is 4.86. The lowest BCUT2D eigenvalue weighted by Crippen LogP contribution is -2.68. The van der Waals surface area contributed by atoms with Crippen molar-refractivity contribution in [2.75, 3.05) is 26.7 Å². The molecule has 3 unspecified atom stereocenters. The summed E-state index contributed by atoms with van der Waals surface area (Å²) in [4.78, 5) is 41.3. The molecular weight excluding hydrogens is 496 g/mol. The quantitative estimate of drug-likeness (QED) is 0.272. The number of carbonyl (C=O) groups is 3. The van der Waals surface area contributed by atoms with Crippen LogP contribution in [0.4, 0.5) is 4.79 Å². The minimum absolute atomic E-state index is 0.139. The van der Waals surface area contributed by atoms with Crippen LogP contribution in [0.1, 0.15) is 50.7 Å². The summed E-state index contributed by atoms with van der Waals surface area (Å²) in [7, 11) is 1.77. The third-order valence-electron chi connectivity index (χ3n) is 8.09. The summed E-state index contributed by atoms with van der Waals surface area (Å²) in [6.45, 7) is 8.90. The van der Waals surface area contributed by atoms with Crippen LogP contribution in [0.5, 0.6) is 5.75 Å². The second kappa shape index (κ2) is 12.0. The van der Waals surface area contributed by atoms with Crippen LogP contribution in [0, 0.1) is 0 Å². The molecule has 1 aliphatic carbocycles. The van der Waals surface area contributed by atoms with E-state index in [1.54, 1.807) is 18.0 Å². The molecule has 1 aliphatic heterocycles. The molecule has 1 saturated carbocycles. The zero-order valence-corrected chi connectivity index (χ0v) is 23.1. The highest BCUT2D eigenvalue weighted by molar-refractivity contribution is 5.70. The Kier molecular flexibility index (Phi) is 8.75. The second-order valence-electron chi connectivity index (χ2n) is 10.6. The van der Waals surface area contributed by atoms with E-state index in [4.69, 9.17) is 14.2 Å². The van der Waals surface area contributed by atoms with E-state index in [-0.39, 0.29) is 18.6 Å². The zero-order valence-electron chi connectivity index (χ0n) is 23.1. The molecule has 0 N–H and O–H groups in total. The molecule has 2 aromatic rings. The first-order chi connectivity index (χ1) is 18.7. The minimum Gasteiger partial charge on any atom is -0.457 e. The zero-order chi connectivity index (χ0) is 28.0. The minimum atomic E-state index is -0.819. The third kappa shape index (κ3) is 6.17. The number of piperidine rings is 1. The van der Waals surface area contributed by atoms with E-state index < -0.39 is 23.1 Å². The summed E-state index contributed by atoms with van der Waals surface area (Å²) in [5.74, 6) is -0.304. The lowest BCUT2D eigenvalue weighted by Gasteiger charge is -2.60. The fourth-order valence-corrected chi connectivity index (χ4v) is 6.32. The molecule has 8 heteroatoms. The van der Waals surface area contributed by atoms with Crippen LogP contribution < -0.4 is 4.74 Å². The van der Waals surface area contributed by atoms with E-state index in [1.165, 1.54) is 13.8 Å². The Bertz CT molecular complexity index is 1200. The second-order valence-corrected chi connectivity index (χ2v) is 10.6. The number of benzene rings is 2. The molecule has 1 amide bonds. The van der Waals surface area contributed by atoms with E-state index >= 15 is 0 Å². The maximum absolute atomic E-state index is 13.1. The van der Waals surface area contributed by atoms with Gasteiger partial charge in [0.25, 0.3) is 0 Å². The first-order valence-corrected chi connectivity index (χ1v) is 13.4. The summed E-state index contributed by atoms with van der Waals surface area (Å²) in [5, 5.41) is 0. The van der Waals surface area contributed by atoms with Crippen molar-refractivity contribution in [3.63, 3.8) is 0 Å². The number of esters is 2. The Morgan fingerprint density at radius 1 is 1.08 bits per heavy atom. The average molecular weight is 535 g/mol. The van der Waals surface area contributed by atoms with Crippen molar-refractivity contribution in [2.45, 2.75) is 63.2 Å². The summed E-state index contributed by atoms with van der Waals surface area (Å²) in [5.41, 5.74) is 0.422. The molecule has 3 atom stereocenters. The summed E-state index contributed by atoms with van der Waals surface area (Å²) in [6.07, 6.45) is 3.95. The SMILES string of the molecule is C=CCN1CCC2(c3cccc(OC(C)=O)c3)CC(N(C)C(=O)OCc3ccccc3)CCC2(OC(C)=O)C1. The highest BCUT2D eigenvalue weighted by Gasteiger charge is 2.61. The molecule has 0 radical (unpaired) electrons. The Morgan fingerprint density at radius 2 is 1.85 bits per heavy atom. The van der Waals surface area contributed by atoms with Crippen LogP contribution in [0.25, 0.3) is 0 Å². The van der Waals surface area contributed by atoms with Gasteiger partial charge in [-0.25, -0.2) is 4.79 Å². The smallest absolute Gasteiger partial charge is 0.410 e. The number of likely N-dealkylation sites (tertiary alicyclic amines) is 1. The molecule has 2 aliphatic rings. The topological polar surface area (TPSA) is 85.4 Å². The molecule has 1 heterocycles. The predicted molar refractivity (Wildman–Crippen MR) is 147 cm³/mol. The number of hydrogen-bond donors (Lipinski definition) is 0. The number of nitrogens with zero attached hydrogens (tertiary/aromatic N) is 2. The van der Waals surface area contributed by atoms with Gasteiger partial charge >= 0.3 is 18.0 Å². The van der Waals surface area contributed by atoms with E-state index in [0.29, 0.717) is 44.5 Å². The molecule has 1 saturated heterocycles. The van der Waals surface area contributed by atoms with Gasteiger partial charge in [-0.05, 0) is 55.5 Å². The Morgan fingerprint density at radius 3 is 2.54 bits per heavy atom. The van der Waals surface area contributed by atoms with Gasteiger partial charge in [0, 0.05) is 45.4 Å². The van der Waals surface area contributed by atoms with E-state index in [1.807, 2.05) is 54.6 Å². The molecular formula is C31H38N2O6. The van der Waals surface area contributed by atoms with Crippen LogP contribution in [0.15, 0.2) is 67.3 Å². The van der Waals surface area contributed by atoms with E-state index in [2.05, 4.69) is 11.5 Å². The van der Waals surface area contributed by atoms with Crippen LogP contribution in [-0.2, 0) is 31.1 Å². The maximum atomic E-state index is 13.1. The van der Waals surface area contributed by atoms with Crippen molar-refractivity contribution >= 4 is 18.0 Å². The van der Waals surface area contributed by atoms with Gasteiger partial charge in [-0.15, -0.1) is 6.58 Å². The molecule has 0 spiro atoms. The van der Waals surface area contributed by atoms with Crippen LogP contribution in [-0.4, -0.2) is 66.2 Å². The van der Waals surface area contributed by atoms with Crippen molar-refractivity contribution < 1.29 is 28.6 Å². The molecule has 0 bridgehead atoms. The molecule has 4 rings (SSSR count). The van der Waals surface area contributed by atoms with Gasteiger partial charge in [0.05, 0.1) is 0 Å². The number of carbonyl (C=O) groups excluding carboxylic acids is 3. The van der Waals surface area contributed by atoms with Gasteiger partial charge in [0.1, 0.15) is 18.0 Å². The number of rotatable bonds is 8. The lowest BCUT2D eigenvalue weighted by atomic mass is 9.55. The molecule has 8 nitrogen and oxygen atoms in total. The third-order valence-corrected chi connectivity index (χ3v) is 8.09. The molecule has 208 valence electrons. The van der Waals surface area contributed by atoms with Crippen molar-refractivity contribution in [3.05, 3.63) is 78.4 Å². The van der Waals surface area contributed by atoms with Gasteiger partial charge in [0.2, 0.25) is 0 Å². The summed E-state index contributed by atoms with van der Waals surface area (Å²) < 4.78 is 17.3. The standard InChI is InChI=1S/C31H38N2O6/c1-5-17-33-18-16-30(26-12-9-13-28(19-26)38-23(2)34)20-27(14-15-31(30,22-33)39-24(3)35)32(4)29(36)37-21-25-10-7-6-8-11-25/h5-13,19,27H,1,14-18,20-22H2,2-4H3. The molecule has 2 aromatic carbocycles. The van der Waals surface area contributed by atoms with Gasteiger partial charge in [-0.3, -0.25) is 14.5 Å². The monoisotopic (exact) mass is 534 g/mol. The highest BCUT2D eigenvalue weighted by Crippen LogP contribution is 2.54. The van der Waals surface area contributed by atoms with Crippen LogP contribution >= 0.6 is 0 Å². The van der Waals surface area contributed by atoms with E-state index in [0.717, 1.165) is 17.7 Å². The number of amides is 1. The van der Waals surface area contributed by atoms with Crippen LogP contribution in [0.2, 0.25) is 0 Å². The van der Waals surface area contributed by atoms with Crippen molar-refractivity contribution in [2.24, 2.45) is 0 Å². The molecule has 39 heavy (non-hydrogen) atoms. The average Bonchev–Trinajstić information content (AvgIpc) is 2.91. The van der Waals surface area contributed by atoms with Gasteiger partial charge in [0.15, 0.2) is 0 Å². The molecule has 0 aromatic heterocycles.